The first-order valence-corrected chi connectivity index (χ1v) is 4.90. The number of aromatic amines is 1. The molecule has 0 aliphatic rings. The zero-order valence-electron chi connectivity index (χ0n) is 8.66. The molecule has 7 nitrogen and oxygen atoms in total. The Kier molecular flexibility index (Phi) is 2.08. The maximum absolute atomic E-state index is 5.58. The van der Waals surface area contributed by atoms with E-state index in [2.05, 4.69) is 25.4 Å². The topological polar surface area (TPSA) is 103 Å². The second-order valence-electron chi connectivity index (χ2n) is 3.30. The molecule has 0 atom stereocenters. The van der Waals surface area contributed by atoms with Crippen molar-refractivity contribution in [2.75, 3.05) is 5.73 Å². The fourth-order valence-electron chi connectivity index (χ4n) is 1.41. The molecule has 0 saturated carbocycles. The summed E-state index contributed by atoms with van der Waals surface area (Å²) in [7, 11) is 0. The first-order valence-electron chi connectivity index (χ1n) is 4.90. The molecule has 3 N–H and O–H groups in total. The highest BCUT2D eigenvalue weighted by atomic mass is 16.5. The number of nitrogens with zero attached hydrogens (tertiary/aromatic N) is 4. The van der Waals surface area contributed by atoms with Crippen molar-refractivity contribution in [2.45, 2.75) is 0 Å². The highest BCUT2D eigenvalue weighted by Crippen LogP contribution is 2.24. The number of hydrogen-bond acceptors (Lipinski definition) is 6. The van der Waals surface area contributed by atoms with Crippen LogP contribution in [0.2, 0.25) is 0 Å². The summed E-state index contributed by atoms with van der Waals surface area (Å²) in [6.07, 6.45) is 0. The number of anilines is 1. The zero-order chi connectivity index (χ0) is 11.7. The number of rotatable bonds is 2. The molecule has 0 radical (unpaired) electrons. The fourth-order valence-corrected chi connectivity index (χ4v) is 1.41. The van der Waals surface area contributed by atoms with E-state index in [1.54, 1.807) is 0 Å². The number of para-hydroxylation sites is 1. The molecular formula is C10H8N6O. The van der Waals surface area contributed by atoms with Crippen LogP contribution in [0.1, 0.15) is 0 Å². The Labute approximate surface area is 95.6 Å². The molecule has 2 aromatic heterocycles. The van der Waals surface area contributed by atoms with Gasteiger partial charge in [0, 0.05) is 0 Å². The average molecular weight is 228 g/mol. The van der Waals surface area contributed by atoms with Gasteiger partial charge in [0.25, 0.3) is 5.88 Å². The van der Waals surface area contributed by atoms with Gasteiger partial charge in [-0.2, -0.15) is 15.2 Å². The molecule has 1 aromatic carbocycles. The number of nitrogens with one attached hydrogen (secondary N) is 1. The Balaban J connectivity index is 2.08. The van der Waals surface area contributed by atoms with Crippen molar-refractivity contribution >= 4 is 17.1 Å². The second kappa shape index (κ2) is 3.71. The molecule has 0 spiro atoms. The van der Waals surface area contributed by atoms with Gasteiger partial charge in [-0.25, -0.2) is 0 Å². The second-order valence-corrected chi connectivity index (χ2v) is 3.30. The molecule has 0 saturated heterocycles. The maximum atomic E-state index is 5.58. The lowest BCUT2D eigenvalue weighted by Gasteiger charge is -2.04. The summed E-state index contributed by atoms with van der Waals surface area (Å²) in [6.45, 7) is 0. The summed E-state index contributed by atoms with van der Waals surface area (Å²) in [5, 5.41) is 10.2. The lowest BCUT2D eigenvalue weighted by Crippen LogP contribution is -1.98. The number of H-pyrrole nitrogens is 1. The summed E-state index contributed by atoms with van der Waals surface area (Å²) in [4.78, 5) is 7.91. The van der Waals surface area contributed by atoms with Crippen LogP contribution in [0.4, 0.5) is 5.95 Å². The average Bonchev–Trinajstić information content (AvgIpc) is 2.78. The van der Waals surface area contributed by atoms with Crippen LogP contribution < -0.4 is 10.5 Å². The molecule has 0 unspecified atom stereocenters. The van der Waals surface area contributed by atoms with Crippen LogP contribution in [-0.2, 0) is 0 Å². The van der Waals surface area contributed by atoms with Crippen molar-refractivity contribution in [3.8, 4) is 11.6 Å². The third-order valence-electron chi connectivity index (χ3n) is 2.13. The van der Waals surface area contributed by atoms with E-state index in [-0.39, 0.29) is 11.8 Å². The lowest BCUT2D eigenvalue weighted by atomic mass is 10.3. The minimum atomic E-state index is 0.0948. The number of fused-ring (bicyclic) bond motifs is 1. The zero-order valence-corrected chi connectivity index (χ0v) is 8.66. The lowest BCUT2D eigenvalue weighted by molar-refractivity contribution is 0.468. The van der Waals surface area contributed by atoms with Gasteiger partial charge in [0.15, 0.2) is 5.52 Å². The molecule has 0 fully saturated rings. The SMILES string of the molecule is Nc1nc(Oc2ccccc2)c2n[nH]nc2n1. The Morgan fingerprint density at radius 3 is 2.71 bits per heavy atom. The first-order chi connectivity index (χ1) is 8.33. The highest BCUT2D eigenvalue weighted by Gasteiger charge is 2.11. The number of nitrogens with two attached hydrogens (primary N) is 1. The van der Waals surface area contributed by atoms with Gasteiger partial charge >= 0.3 is 0 Å². The van der Waals surface area contributed by atoms with Crippen LogP contribution in [0.5, 0.6) is 11.6 Å². The van der Waals surface area contributed by atoms with Gasteiger partial charge in [-0.3, -0.25) is 0 Å². The first kappa shape index (κ1) is 9.52. The molecule has 0 bridgehead atoms. The van der Waals surface area contributed by atoms with Crippen molar-refractivity contribution in [3.63, 3.8) is 0 Å². The van der Waals surface area contributed by atoms with E-state index in [1.165, 1.54) is 0 Å². The minimum absolute atomic E-state index is 0.0948. The van der Waals surface area contributed by atoms with Crippen molar-refractivity contribution < 1.29 is 4.74 Å². The quantitative estimate of drug-likeness (QED) is 0.681. The third-order valence-corrected chi connectivity index (χ3v) is 2.13. The summed E-state index contributed by atoms with van der Waals surface area (Å²) in [6, 6.07) is 9.24. The molecule has 2 heterocycles. The van der Waals surface area contributed by atoms with E-state index in [1.807, 2.05) is 30.3 Å². The number of ether oxygens (including phenoxy) is 1. The predicted molar refractivity (Wildman–Crippen MR) is 60.4 cm³/mol. The van der Waals surface area contributed by atoms with Crippen LogP contribution in [0.15, 0.2) is 30.3 Å². The van der Waals surface area contributed by atoms with Crippen LogP contribution in [-0.4, -0.2) is 25.4 Å². The number of benzene rings is 1. The van der Waals surface area contributed by atoms with Crippen molar-refractivity contribution in [1.29, 1.82) is 0 Å². The number of nitrogen functional groups attached to an aromatic ring is 1. The summed E-state index contributed by atoms with van der Waals surface area (Å²) in [5.74, 6) is 1.03. The van der Waals surface area contributed by atoms with Gasteiger partial charge in [0.05, 0.1) is 0 Å². The molecule has 3 rings (SSSR count). The Morgan fingerprint density at radius 2 is 1.88 bits per heavy atom. The molecule has 7 heteroatoms. The molecule has 0 amide bonds. The summed E-state index contributed by atoms with van der Waals surface area (Å²) >= 11 is 0. The molecule has 3 aromatic rings. The Hall–Kier alpha value is -2.70. The van der Waals surface area contributed by atoms with Crippen LogP contribution in [0.25, 0.3) is 11.2 Å². The maximum Gasteiger partial charge on any atom is 0.254 e. The van der Waals surface area contributed by atoms with Gasteiger partial charge in [0.1, 0.15) is 5.75 Å². The molecule has 17 heavy (non-hydrogen) atoms. The summed E-state index contributed by atoms with van der Waals surface area (Å²) < 4.78 is 5.58. The minimum Gasteiger partial charge on any atom is -0.437 e. The van der Waals surface area contributed by atoms with E-state index in [0.29, 0.717) is 16.9 Å². The van der Waals surface area contributed by atoms with E-state index in [9.17, 15) is 0 Å². The van der Waals surface area contributed by atoms with E-state index in [4.69, 9.17) is 10.5 Å². The molecule has 84 valence electrons. The normalized spacial score (nSPS) is 10.6. The number of hydrogen-bond donors (Lipinski definition) is 2. The van der Waals surface area contributed by atoms with Gasteiger partial charge < -0.3 is 10.5 Å². The van der Waals surface area contributed by atoms with Gasteiger partial charge in [-0.05, 0) is 12.1 Å². The van der Waals surface area contributed by atoms with E-state index < -0.39 is 0 Å². The standard InChI is InChI=1S/C10H8N6O/c11-10-12-8-7(14-16-15-8)9(13-10)17-6-4-2-1-3-5-6/h1-5H,(H3,11,12,13,14,15,16). The van der Waals surface area contributed by atoms with Crippen LogP contribution in [0, 0.1) is 0 Å². The summed E-state index contributed by atoms with van der Waals surface area (Å²) in [5.41, 5.74) is 6.38. The molecule has 0 aliphatic heterocycles. The Bertz CT molecular complexity index is 650. The van der Waals surface area contributed by atoms with E-state index >= 15 is 0 Å². The monoisotopic (exact) mass is 228 g/mol. The number of aromatic nitrogens is 5. The smallest absolute Gasteiger partial charge is 0.254 e. The predicted octanol–water partition coefficient (Wildman–Crippen LogP) is 1.12. The van der Waals surface area contributed by atoms with Crippen molar-refractivity contribution in [3.05, 3.63) is 30.3 Å². The highest BCUT2D eigenvalue weighted by molar-refractivity contribution is 5.76. The van der Waals surface area contributed by atoms with Crippen molar-refractivity contribution in [1.82, 2.24) is 25.4 Å². The third kappa shape index (κ3) is 1.73. The molecule has 0 aliphatic carbocycles. The van der Waals surface area contributed by atoms with E-state index in [0.717, 1.165) is 0 Å². The van der Waals surface area contributed by atoms with Crippen LogP contribution in [0.3, 0.4) is 0 Å². The molecular weight excluding hydrogens is 220 g/mol. The largest absolute Gasteiger partial charge is 0.437 e. The van der Waals surface area contributed by atoms with Crippen molar-refractivity contribution in [2.24, 2.45) is 0 Å². The van der Waals surface area contributed by atoms with Gasteiger partial charge in [0.2, 0.25) is 11.6 Å². The van der Waals surface area contributed by atoms with Crippen LogP contribution >= 0.6 is 0 Å². The van der Waals surface area contributed by atoms with Gasteiger partial charge in [-0.15, -0.1) is 10.2 Å². The van der Waals surface area contributed by atoms with Gasteiger partial charge in [-0.1, -0.05) is 18.2 Å². The Morgan fingerprint density at radius 1 is 1.06 bits per heavy atom. The fraction of sp³-hybridized carbons (Fsp3) is 0.